The average molecular weight is 253 g/mol. The first-order valence-electron chi connectivity index (χ1n) is 5.47. The van der Waals surface area contributed by atoms with Crippen molar-refractivity contribution in [3.05, 3.63) is 28.8 Å². The third-order valence-electron chi connectivity index (χ3n) is 2.69. The van der Waals surface area contributed by atoms with Gasteiger partial charge in [0.2, 0.25) is 0 Å². The van der Waals surface area contributed by atoms with Gasteiger partial charge in [0.25, 0.3) is 0 Å². The number of anilines is 1. The number of hydrogen-bond acceptors (Lipinski definition) is 3. The van der Waals surface area contributed by atoms with Crippen molar-refractivity contribution in [2.75, 3.05) is 19.0 Å². The Kier molecular flexibility index (Phi) is 4.80. The van der Waals surface area contributed by atoms with Crippen LogP contribution in [0.2, 0.25) is 5.02 Å². The molecule has 1 rings (SSSR count). The second-order valence-electron chi connectivity index (χ2n) is 4.45. The van der Waals surface area contributed by atoms with E-state index in [4.69, 9.17) is 21.6 Å². The first-order valence-corrected chi connectivity index (χ1v) is 5.85. The second kappa shape index (κ2) is 5.90. The van der Waals surface area contributed by atoms with Crippen LogP contribution in [-0.2, 0) is 4.74 Å². The number of nitriles is 1. The fraction of sp³-hybridized carbons (Fsp3) is 0.462. The second-order valence-corrected chi connectivity index (χ2v) is 4.85. The van der Waals surface area contributed by atoms with E-state index in [-0.39, 0.29) is 5.60 Å². The predicted octanol–water partition coefficient (Wildman–Crippen LogP) is 3.44. The molecule has 0 heterocycles. The predicted molar refractivity (Wildman–Crippen MR) is 70.4 cm³/mol. The molecule has 0 aliphatic heterocycles. The lowest BCUT2D eigenvalue weighted by molar-refractivity contribution is 0.0185. The fourth-order valence-corrected chi connectivity index (χ4v) is 1.51. The number of nitrogens with one attached hydrogen (secondary N) is 1. The molecule has 0 saturated heterocycles. The summed E-state index contributed by atoms with van der Waals surface area (Å²) in [4.78, 5) is 0. The zero-order chi connectivity index (χ0) is 12.9. The van der Waals surface area contributed by atoms with Crippen LogP contribution in [0.4, 0.5) is 5.69 Å². The van der Waals surface area contributed by atoms with Crippen LogP contribution in [0.25, 0.3) is 0 Å². The molecule has 0 unspecified atom stereocenters. The first kappa shape index (κ1) is 13.8. The van der Waals surface area contributed by atoms with Crippen LogP contribution >= 0.6 is 11.6 Å². The van der Waals surface area contributed by atoms with Gasteiger partial charge in [0.05, 0.1) is 27.9 Å². The van der Waals surface area contributed by atoms with Crippen molar-refractivity contribution in [1.29, 1.82) is 5.26 Å². The van der Waals surface area contributed by atoms with Crippen molar-refractivity contribution in [3.8, 4) is 6.07 Å². The molecule has 0 fully saturated rings. The molecule has 1 aromatic rings. The van der Waals surface area contributed by atoms with Crippen LogP contribution in [-0.4, -0.2) is 19.3 Å². The highest BCUT2D eigenvalue weighted by atomic mass is 35.5. The Morgan fingerprint density at radius 2 is 2.18 bits per heavy atom. The van der Waals surface area contributed by atoms with Crippen LogP contribution in [0, 0.1) is 11.3 Å². The summed E-state index contributed by atoms with van der Waals surface area (Å²) in [5.41, 5.74) is 1.23. The van der Waals surface area contributed by atoms with Gasteiger partial charge >= 0.3 is 0 Å². The molecule has 3 nitrogen and oxygen atoms in total. The molecule has 0 radical (unpaired) electrons. The van der Waals surface area contributed by atoms with Crippen LogP contribution in [0.3, 0.4) is 0 Å². The highest BCUT2D eigenvalue weighted by molar-refractivity contribution is 6.33. The highest BCUT2D eigenvalue weighted by Crippen LogP contribution is 2.23. The van der Waals surface area contributed by atoms with Gasteiger partial charge < -0.3 is 10.1 Å². The van der Waals surface area contributed by atoms with E-state index in [1.807, 2.05) is 13.8 Å². The molecule has 0 aliphatic carbocycles. The van der Waals surface area contributed by atoms with Crippen molar-refractivity contribution >= 4 is 17.3 Å². The lowest BCUT2D eigenvalue weighted by atomic mass is 10.1. The Balaban J connectivity index is 2.61. The summed E-state index contributed by atoms with van der Waals surface area (Å²) in [5.74, 6) is 0. The van der Waals surface area contributed by atoms with Crippen molar-refractivity contribution in [2.24, 2.45) is 0 Å². The van der Waals surface area contributed by atoms with E-state index in [1.165, 1.54) is 0 Å². The van der Waals surface area contributed by atoms with Crippen molar-refractivity contribution in [1.82, 2.24) is 0 Å². The largest absolute Gasteiger partial charge is 0.384 e. The van der Waals surface area contributed by atoms with Gasteiger partial charge in [0, 0.05) is 13.7 Å². The number of methoxy groups -OCH3 is 1. The van der Waals surface area contributed by atoms with Gasteiger partial charge in [-0.1, -0.05) is 11.6 Å². The summed E-state index contributed by atoms with van der Waals surface area (Å²) in [6.45, 7) is 4.80. The third kappa shape index (κ3) is 4.26. The summed E-state index contributed by atoms with van der Waals surface area (Å²) in [5, 5.41) is 12.6. The van der Waals surface area contributed by atoms with Gasteiger partial charge in [-0.05, 0) is 38.5 Å². The Morgan fingerprint density at radius 1 is 1.47 bits per heavy atom. The third-order valence-corrected chi connectivity index (χ3v) is 3.02. The lowest BCUT2D eigenvalue weighted by Crippen LogP contribution is -2.25. The van der Waals surface area contributed by atoms with Gasteiger partial charge in [-0.25, -0.2) is 0 Å². The Hall–Kier alpha value is -1.24. The molecule has 0 aromatic heterocycles. The maximum atomic E-state index is 8.80. The van der Waals surface area contributed by atoms with E-state index in [0.29, 0.717) is 10.6 Å². The number of rotatable bonds is 5. The molecule has 0 spiro atoms. The van der Waals surface area contributed by atoms with E-state index < -0.39 is 0 Å². The van der Waals surface area contributed by atoms with Crippen molar-refractivity contribution in [3.63, 3.8) is 0 Å². The SMILES string of the molecule is COC(C)(C)CCNc1cc(C#N)ccc1Cl. The van der Waals surface area contributed by atoms with Gasteiger partial charge in [-0.3, -0.25) is 0 Å². The smallest absolute Gasteiger partial charge is 0.0992 e. The fourth-order valence-electron chi connectivity index (χ4n) is 1.33. The molecule has 0 bridgehead atoms. The number of halogens is 1. The molecule has 0 amide bonds. The lowest BCUT2D eigenvalue weighted by Gasteiger charge is -2.23. The highest BCUT2D eigenvalue weighted by Gasteiger charge is 2.15. The summed E-state index contributed by atoms with van der Waals surface area (Å²) < 4.78 is 5.33. The number of ether oxygens (including phenoxy) is 1. The summed E-state index contributed by atoms with van der Waals surface area (Å²) in [7, 11) is 1.70. The van der Waals surface area contributed by atoms with Gasteiger partial charge in [-0.2, -0.15) is 5.26 Å². The Morgan fingerprint density at radius 3 is 2.76 bits per heavy atom. The molecule has 0 atom stereocenters. The molecule has 0 aliphatic rings. The zero-order valence-electron chi connectivity index (χ0n) is 10.4. The Labute approximate surface area is 107 Å². The summed E-state index contributed by atoms with van der Waals surface area (Å²) in [6, 6.07) is 7.27. The molecule has 1 N–H and O–H groups in total. The summed E-state index contributed by atoms with van der Waals surface area (Å²) >= 11 is 6.03. The molecule has 17 heavy (non-hydrogen) atoms. The maximum Gasteiger partial charge on any atom is 0.0992 e. The first-order chi connectivity index (χ1) is 7.98. The number of benzene rings is 1. The topological polar surface area (TPSA) is 45.0 Å². The molecular formula is C13H17ClN2O. The van der Waals surface area contributed by atoms with Gasteiger partial charge in [-0.15, -0.1) is 0 Å². The van der Waals surface area contributed by atoms with Gasteiger partial charge in [0.1, 0.15) is 0 Å². The molecule has 0 saturated carbocycles. The standard InChI is InChI=1S/C13H17ClN2O/c1-13(2,17-3)6-7-16-12-8-10(9-15)4-5-11(12)14/h4-5,8,16H,6-7H2,1-3H3. The number of hydrogen-bond donors (Lipinski definition) is 1. The van der Waals surface area contributed by atoms with E-state index in [2.05, 4.69) is 11.4 Å². The minimum atomic E-state index is -0.160. The monoisotopic (exact) mass is 252 g/mol. The normalized spacial score (nSPS) is 11.0. The Bertz CT molecular complexity index is 424. The molecule has 1 aromatic carbocycles. The van der Waals surface area contributed by atoms with E-state index in [0.717, 1.165) is 18.7 Å². The van der Waals surface area contributed by atoms with Gasteiger partial charge in [0.15, 0.2) is 0 Å². The van der Waals surface area contributed by atoms with Crippen molar-refractivity contribution in [2.45, 2.75) is 25.9 Å². The quantitative estimate of drug-likeness (QED) is 0.873. The minimum absolute atomic E-state index is 0.160. The van der Waals surface area contributed by atoms with Crippen LogP contribution in [0.15, 0.2) is 18.2 Å². The van der Waals surface area contributed by atoms with E-state index in [9.17, 15) is 0 Å². The molecular weight excluding hydrogens is 236 g/mol. The van der Waals surface area contributed by atoms with E-state index in [1.54, 1.807) is 25.3 Å². The summed E-state index contributed by atoms with van der Waals surface area (Å²) in [6.07, 6.45) is 0.858. The van der Waals surface area contributed by atoms with E-state index >= 15 is 0 Å². The van der Waals surface area contributed by atoms with Crippen LogP contribution in [0.1, 0.15) is 25.8 Å². The maximum absolute atomic E-state index is 8.80. The minimum Gasteiger partial charge on any atom is -0.384 e. The number of nitrogens with zero attached hydrogens (tertiary/aromatic N) is 1. The van der Waals surface area contributed by atoms with Crippen LogP contribution < -0.4 is 5.32 Å². The van der Waals surface area contributed by atoms with Crippen LogP contribution in [0.5, 0.6) is 0 Å². The molecule has 92 valence electrons. The average Bonchev–Trinajstić information content (AvgIpc) is 2.31. The molecule has 4 heteroatoms. The zero-order valence-corrected chi connectivity index (χ0v) is 11.1. The van der Waals surface area contributed by atoms with Crippen molar-refractivity contribution < 1.29 is 4.74 Å².